The van der Waals surface area contributed by atoms with Crippen molar-refractivity contribution < 1.29 is 4.79 Å². The highest BCUT2D eigenvalue weighted by Gasteiger charge is 2.17. The molecule has 0 fully saturated rings. The molecule has 0 radical (unpaired) electrons. The van der Waals surface area contributed by atoms with Crippen LogP contribution in [0.25, 0.3) is 5.69 Å². The topological polar surface area (TPSA) is 58.9 Å². The van der Waals surface area contributed by atoms with Crippen LogP contribution in [0.5, 0.6) is 0 Å². The van der Waals surface area contributed by atoms with Gasteiger partial charge in [0.25, 0.3) is 0 Å². The lowest BCUT2D eigenvalue weighted by atomic mass is 10.1. The van der Waals surface area contributed by atoms with E-state index in [1.807, 2.05) is 33.8 Å². The van der Waals surface area contributed by atoms with Gasteiger partial charge >= 0.3 is 0 Å². The van der Waals surface area contributed by atoms with E-state index in [4.69, 9.17) is 23.2 Å². The highest BCUT2D eigenvalue weighted by atomic mass is 35.5. The zero-order chi connectivity index (χ0) is 18.6. The number of rotatable bonds is 7. The number of nitrogens with zero attached hydrogens (tertiary/aromatic N) is 2. The molecule has 5 nitrogen and oxygen atoms in total. The van der Waals surface area contributed by atoms with Crippen LogP contribution in [-0.4, -0.2) is 34.8 Å². The van der Waals surface area contributed by atoms with Gasteiger partial charge in [0.1, 0.15) is 0 Å². The first-order valence-electron chi connectivity index (χ1n) is 8.34. The van der Waals surface area contributed by atoms with E-state index in [0.717, 1.165) is 29.2 Å². The van der Waals surface area contributed by atoms with Gasteiger partial charge < -0.3 is 10.6 Å². The number of aryl methyl sites for hydroxylation is 1. The molecule has 2 rings (SSSR count). The predicted molar refractivity (Wildman–Crippen MR) is 103 cm³/mol. The zero-order valence-corrected chi connectivity index (χ0v) is 16.5. The average molecular weight is 383 g/mol. The number of carbonyl (C=O) groups excluding carboxylic acids is 1. The molecule has 136 valence electrons. The van der Waals surface area contributed by atoms with Crippen LogP contribution < -0.4 is 10.6 Å². The molecular weight excluding hydrogens is 359 g/mol. The summed E-state index contributed by atoms with van der Waals surface area (Å²) < 4.78 is 1.76. The summed E-state index contributed by atoms with van der Waals surface area (Å²) in [5.41, 5.74) is 3.38. The smallest absolute Gasteiger partial charge is 0.224 e. The second-order valence-corrected chi connectivity index (χ2v) is 6.94. The van der Waals surface area contributed by atoms with E-state index in [0.29, 0.717) is 23.0 Å². The van der Waals surface area contributed by atoms with E-state index >= 15 is 0 Å². The Morgan fingerprint density at radius 1 is 1.32 bits per heavy atom. The number of likely N-dealkylation sites (N-methyl/N-ethyl adjacent to an activating group) is 1. The Hall–Kier alpha value is -1.56. The molecular formula is C18H24Cl2N4O. The largest absolute Gasteiger partial charge is 0.354 e. The van der Waals surface area contributed by atoms with E-state index in [1.165, 1.54) is 0 Å². The lowest BCUT2D eigenvalue weighted by Crippen LogP contribution is -2.39. The van der Waals surface area contributed by atoms with Crippen LogP contribution in [0.1, 0.15) is 30.8 Å². The molecule has 0 saturated heterocycles. The average Bonchev–Trinajstić information content (AvgIpc) is 2.81. The molecule has 0 spiro atoms. The number of hydrogen-bond acceptors (Lipinski definition) is 3. The van der Waals surface area contributed by atoms with E-state index in [9.17, 15) is 4.79 Å². The van der Waals surface area contributed by atoms with Crippen LogP contribution in [0, 0.1) is 13.8 Å². The zero-order valence-electron chi connectivity index (χ0n) is 15.0. The number of benzene rings is 1. The number of hydrogen-bond donors (Lipinski definition) is 2. The Kier molecular flexibility index (Phi) is 6.87. The van der Waals surface area contributed by atoms with Crippen LogP contribution in [0.15, 0.2) is 18.2 Å². The molecule has 0 bridgehead atoms. The Morgan fingerprint density at radius 3 is 2.68 bits per heavy atom. The molecule has 0 saturated carbocycles. The minimum Gasteiger partial charge on any atom is -0.354 e. The van der Waals surface area contributed by atoms with Crippen molar-refractivity contribution in [2.45, 2.75) is 40.2 Å². The molecule has 0 aliphatic carbocycles. The van der Waals surface area contributed by atoms with Gasteiger partial charge in [-0.1, -0.05) is 30.1 Å². The van der Waals surface area contributed by atoms with Crippen LogP contribution in [-0.2, 0) is 11.2 Å². The molecule has 0 aliphatic rings. The Labute approximate surface area is 158 Å². The summed E-state index contributed by atoms with van der Waals surface area (Å²) in [6, 6.07) is 5.52. The third-order valence-corrected chi connectivity index (χ3v) is 4.61. The number of carbonyl (C=O) groups is 1. The predicted octanol–water partition coefficient (Wildman–Crippen LogP) is 3.45. The van der Waals surface area contributed by atoms with Gasteiger partial charge in [0.2, 0.25) is 5.91 Å². The summed E-state index contributed by atoms with van der Waals surface area (Å²) in [4.78, 5) is 12.3. The van der Waals surface area contributed by atoms with Gasteiger partial charge in [-0.2, -0.15) is 5.10 Å². The fraction of sp³-hybridized carbons (Fsp3) is 0.444. The Bertz CT molecular complexity index is 758. The van der Waals surface area contributed by atoms with Gasteiger partial charge in [-0.25, -0.2) is 4.68 Å². The molecule has 7 heteroatoms. The minimum absolute atomic E-state index is 0.0160. The number of amides is 1. The van der Waals surface area contributed by atoms with Gasteiger partial charge in [-0.05, 0) is 45.5 Å². The summed E-state index contributed by atoms with van der Waals surface area (Å²) in [7, 11) is 0. The van der Waals surface area contributed by atoms with Crippen molar-refractivity contribution in [2.24, 2.45) is 0 Å². The highest BCUT2D eigenvalue weighted by Crippen LogP contribution is 2.27. The third-order valence-electron chi connectivity index (χ3n) is 4.07. The standard InChI is InChI=1S/C18H24Cl2N4O/c1-5-21-11(2)10-22-18(25)9-15-12(3)23-24(13(15)4)17-7-6-14(19)8-16(17)20/h6-8,11,21H,5,9-10H2,1-4H3,(H,22,25)/t11-/m1/s1. The van der Waals surface area contributed by atoms with Crippen molar-refractivity contribution in [1.29, 1.82) is 0 Å². The molecule has 2 N–H and O–H groups in total. The lowest BCUT2D eigenvalue weighted by molar-refractivity contribution is -0.120. The normalized spacial score (nSPS) is 12.2. The van der Waals surface area contributed by atoms with Gasteiger partial charge in [0.15, 0.2) is 0 Å². The van der Waals surface area contributed by atoms with Gasteiger partial charge in [0, 0.05) is 28.9 Å². The minimum atomic E-state index is -0.0160. The fourth-order valence-electron chi connectivity index (χ4n) is 2.73. The summed E-state index contributed by atoms with van der Waals surface area (Å²) >= 11 is 12.2. The van der Waals surface area contributed by atoms with Crippen LogP contribution >= 0.6 is 23.2 Å². The maximum atomic E-state index is 12.3. The van der Waals surface area contributed by atoms with E-state index in [-0.39, 0.29) is 11.9 Å². The quantitative estimate of drug-likeness (QED) is 0.770. The number of halogens is 2. The number of aromatic nitrogens is 2. The summed E-state index contributed by atoms with van der Waals surface area (Å²) in [5, 5.41) is 11.9. The van der Waals surface area contributed by atoms with Crippen molar-refractivity contribution in [1.82, 2.24) is 20.4 Å². The maximum Gasteiger partial charge on any atom is 0.224 e. The van der Waals surface area contributed by atoms with Crippen molar-refractivity contribution in [2.75, 3.05) is 13.1 Å². The Morgan fingerprint density at radius 2 is 2.04 bits per heavy atom. The van der Waals surface area contributed by atoms with Crippen molar-refractivity contribution in [3.05, 3.63) is 45.2 Å². The SMILES string of the molecule is CCN[C@H](C)CNC(=O)Cc1c(C)nn(-c2ccc(Cl)cc2Cl)c1C. The van der Waals surface area contributed by atoms with Crippen molar-refractivity contribution in [3.63, 3.8) is 0 Å². The molecule has 1 aromatic carbocycles. The lowest BCUT2D eigenvalue weighted by Gasteiger charge is -2.13. The monoisotopic (exact) mass is 382 g/mol. The summed E-state index contributed by atoms with van der Waals surface area (Å²) in [5.74, 6) is -0.0160. The van der Waals surface area contributed by atoms with Gasteiger partial charge in [0.05, 0.1) is 22.8 Å². The van der Waals surface area contributed by atoms with E-state index in [1.54, 1.807) is 16.8 Å². The van der Waals surface area contributed by atoms with Gasteiger partial charge in [-0.3, -0.25) is 4.79 Å². The third kappa shape index (κ3) is 4.97. The van der Waals surface area contributed by atoms with Gasteiger partial charge in [-0.15, -0.1) is 0 Å². The highest BCUT2D eigenvalue weighted by molar-refractivity contribution is 6.35. The molecule has 25 heavy (non-hydrogen) atoms. The van der Waals surface area contributed by atoms with Crippen LogP contribution in [0.3, 0.4) is 0 Å². The summed E-state index contributed by atoms with van der Waals surface area (Å²) in [6.45, 7) is 9.40. The first-order valence-corrected chi connectivity index (χ1v) is 9.09. The molecule has 1 amide bonds. The second kappa shape index (κ2) is 8.70. The van der Waals surface area contributed by atoms with E-state index in [2.05, 4.69) is 15.7 Å². The summed E-state index contributed by atoms with van der Waals surface area (Å²) in [6.07, 6.45) is 0.293. The molecule has 1 aromatic heterocycles. The molecule has 0 unspecified atom stereocenters. The van der Waals surface area contributed by atoms with Crippen molar-refractivity contribution >= 4 is 29.1 Å². The molecule has 1 heterocycles. The molecule has 2 aromatic rings. The first-order chi connectivity index (χ1) is 11.8. The Balaban J connectivity index is 2.15. The number of nitrogens with one attached hydrogen (secondary N) is 2. The van der Waals surface area contributed by atoms with Crippen molar-refractivity contribution in [3.8, 4) is 5.69 Å². The molecule has 1 atom stereocenters. The first kappa shape index (κ1) is 19.8. The van der Waals surface area contributed by atoms with Crippen LogP contribution in [0.2, 0.25) is 10.0 Å². The van der Waals surface area contributed by atoms with E-state index < -0.39 is 0 Å². The molecule has 0 aliphatic heterocycles. The van der Waals surface area contributed by atoms with Crippen LogP contribution in [0.4, 0.5) is 0 Å². The second-order valence-electron chi connectivity index (χ2n) is 6.10. The fourth-order valence-corrected chi connectivity index (χ4v) is 3.22. The maximum absolute atomic E-state index is 12.3.